The lowest BCUT2D eigenvalue weighted by Crippen LogP contribution is -2.46. The molecular formula is C17H18ClF3N4O2. The minimum Gasteiger partial charge on any atom is -0.482 e. The summed E-state index contributed by atoms with van der Waals surface area (Å²) in [6, 6.07) is 2.96. The molecule has 0 spiro atoms. The first-order valence-electron chi connectivity index (χ1n) is 8.28. The number of aromatic amines is 1. The van der Waals surface area contributed by atoms with Crippen molar-refractivity contribution in [3.63, 3.8) is 0 Å². The quantitative estimate of drug-likeness (QED) is 0.771. The zero-order valence-electron chi connectivity index (χ0n) is 14.7. The fourth-order valence-electron chi connectivity index (χ4n) is 2.83. The number of ether oxygens (including phenoxy) is 1. The third kappa shape index (κ3) is 4.52. The third-order valence-electron chi connectivity index (χ3n) is 4.45. The van der Waals surface area contributed by atoms with E-state index >= 15 is 0 Å². The highest BCUT2D eigenvalue weighted by molar-refractivity contribution is 6.32. The van der Waals surface area contributed by atoms with Crippen molar-refractivity contribution in [2.75, 3.05) is 6.61 Å². The number of pyridine rings is 1. The van der Waals surface area contributed by atoms with E-state index in [4.69, 9.17) is 11.6 Å². The van der Waals surface area contributed by atoms with Gasteiger partial charge in [-0.25, -0.2) is 4.98 Å². The molecular weight excluding hydrogens is 385 g/mol. The maximum Gasteiger partial charge on any atom is 0.422 e. The van der Waals surface area contributed by atoms with Crippen molar-refractivity contribution in [3.8, 4) is 5.75 Å². The van der Waals surface area contributed by atoms with Gasteiger partial charge in [0.1, 0.15) is 16.5 Å². The number of rotatable bonds is 6. The summed E-state index contributed by atoms with van der Waals surface area (Å²) < 4.78 is 41.8. The Morgan fingerprint density at radius 2 is 2.11 bits per heavy atom. The van der Waals surface area contributed by atoms with Crippen molar-refractivity contribution in [3.05, 3.63) is 40.4 Å². The number of nitrogens with one attached hydrogen (secondary N) is 2. The van der Waals surface area contributed by atoms with Crippen LogP contribution in [0.25, 0.3) is 0 Å². The van der Waals surface area contributed by atoms with Gasteiger partial charge in [0.15, 0.2) is 6.61 Å². The van der Waals surface area contributed by atoms with Crippen LogP contribution in [0.1, 0.15) is 41.6 Å². The molecule has 1 saturated carbocycles. The van der Waals surface area contributed by atoms with Gasteiger partial charge in [0.2, 0.25) is 0 Å². The number of aromatic nitrogens is 3. The second-order valence-corrected chi connectivity index (χ2v) is 7.18. The number of alkyl halides is 3. The second kappa shape index (κ2) is 7.03. The summed E-state index contributed by atoms with van der Waals surface area (Å²) >= 11 is 5.82. The molecule has 0 radical (unpaired) electrons. The van der Waals surface area contributed by atoms with E-state index in [0.717, 1.165) is 30.8 Å². The Morgan fingerprint density at radius 1 is 1.41 bits per heavy atom. The maximum absolute atomic E-state index is 12.7. The van der Waals surface area contributed by atoms with E-state index in [1.54, 1.807) is 0 Å². The molecule has 10 heteroatoms. The monoisotopic (exact) mass is 402 g/mol. The molecule has 1 atom stereocenters. The molecule has 0 bridgehead atoms. The highest BCUT2D eigenvalue weighted by Crippen LogP contribution is 2.45. The first kappa shape index (κ1) is 19.5. The van der Waals surface area contributed by atoms with Gasteiger partial charge in [0, 0.05) is 11.8 Å². The van der Waals surface area contributed by atoms with Gasteiger partial charge >= 0.3 is 6.18 Å². The van der Waals surface area contributed by atoms with Crippen LogP contribution in [-0.4, -0.2) is 33.9 Å². The van der Waals surface area contributed by atoms with Crippen LogP contribution in [0, 0.1) is 12.8 Å². The highest BCUT2D eigenvalue weighted by atomic mass is 35.5. The number of carbonyl (C=O) groups excluding carboxylic acids is 1. The van der Waals surface area contributed by atoms with Crippen LogP contribution < -0.4 is 10.1 Å². The number of H-pyrrole nitrogens is 1. The van der Waals surface area contributed by atoms with Crippen molar-refractivity contribution >= 4 is 17.5 Å². The molecule has 2 aromatic heterocycles. The van der Waals surface area contributed by atoms with Crippen LogP contribution in [0.4, 0.5) is 13.2 Å². The third-order valence-corrected chi connectivity index (χ3v) is 4.73. The first-order valence-corrected chi connectivity index (χ1v) is 8.66. The van der Waals surface area contributed by atoms with E-state index in [-0.39, 0.29) is 22.4 Å². The number of nitrogens with zero attached hydrogens (tertiary/aromatic N) is 2. The van der Waals surface area contributed by atoms with Crippen LogP contribution in [0.3, 0.4) is 0 Å². The normalized spacial score (nSPS) is 16.7. The number of amides is 1. The zero-order valence-corrected chi connectivity index (χ0v) is 15.4. The summed E-state index contributed by atoms with van der Waals surface area (Å²) in [4.78, 5) is 16.6. The highest BCUT2D eigenvalue weighted by Gasteiger charge is 2.45. The van der Waals surface area contributed by atoms with Crippen molar-refractivity contribution in [2.24, 2.45) is 5.92 Å². The first-order chi connectivity index (χ1) is 12.6. The molecule has 1 aliphatic rings. The average molecular weight is 403 g/mol. The standard InChI is InChI=1S/C17H18ClF3N4O2/c1-9-5-14(25-24-9)16(2,10-3-4-10)23-15(26)12-6-13(11(18)7-22-12)27-8-17(19,20)21/h5-7,10H,3-4,8H2,1-2H3,(H,23,26)(H,24,25)/t16-/m0/s1. The summed E-state index contributed by atoms with van der Waals surface area (Å²) in [5, 5.41) is 9.92. The topological polar surface area (TPSA) is 79.9 Å². The molecule has 27 heavy (non-hydrogen) atoms. The van der Waals surface area contributed by atoms with Gasteiger partial charge in [-0.3, -0.25) is 9.89 Å². The van der Waals surface area contributed by atoms with Crippen molar-refractivity contribution < 1.29 is 22.7 Å². The van der Waals surface area contributed by atoms with Crippen LogP contribution in [-0.2, 0) is 5.54 Å². The molecule has 0 saturated heterocycles. The zero-order chi connectivity index (χ0) is 19.8. The number of halogens is 4. The van der Waals surface area contributed by atoms with Crippen LogP contribution in [0.5, 0.6) is 5.75 Å². The SMILES string of the molecule is Cc1cc([C@@](C)(NC(=O)c2cc(OCC(F)(F)F)c(Cl)cn2)C2CC2)n[nH]1. The van der Waals surface area contributed by atoms with Gasteiger partial charge < -0.3 is 10.1 Å². The van der Waals surface area contributed by atoms with E-state index < -0.39 is 24.2 Å². The summed E-state index contributed by atoms with van der Waals surface area (Å²) in [6.07, 6.45) is -1.54. The van der Waals surface area contributed by atoms with Gasteiger partial charge in [-0.1, -0.05) is 11.6 Å². The number of aryl methyl sites for hydroxylation is 1. The Morgan fingerprint density at radius 3 is 2.67 bits per heavy atom. The number of carbonyl (C=O) groups is 1. The van der Waals surface area contributed by atoms with Gasteiger partial charge in [-0.05, 0) is 38.7 Å². The van der Waals surface area contributed by atoms with Crippen molar-refractivity contribution in [1.82, 2.24) is 20.5 Å². The van der Waals surface area contributed by atoms with E-state index in [1.807, 2.05) is 19.9 Å². The number of hydrogen-bond donors (Lipinski definition) is 2. The molecule has 1 aliphatic carbocycles. The van der Waals surface area contributed by atoms with E-state index in [9.17, 15) is 18.0 Å². The molecule has 1 amide bonds. The molecule has 0 unspecified atom stereocenters. The Hall–Kier alpha value is -2.29. The Kier molecular flexibility index (Phi) is 5.07. The molecule has 146 valence electrons. The summed E-state index contributed by atoms with van der Waals surface area (Å²) in [6.45, 7) is 2.22. The lowest BCUT2D eigenvalue weighted by atomic mass is 9.91. The summed E-state index contributed by atoms with van der Waals surface area (Å²) in [7, 11) is 0. The minimum absolute atomic E-state index is 0.0873. The second-order valence-electron chi connectivity index (χ2n) is 6.77. The van der Waals surface area contributed by atoms with E-state index in [1.165, 1.54) is 0 Å². The maximum atomic E-state index is 12.7. The van der Waals surface area contributed by atoms with Crippen molar-refractivity contribution in [1.29, 1.82) is 0 Å². The average Bonchev–Trinajstić information content (AvgIpc) is 3.35. The molecule has 6 nitrogen and oxygen atoms in total. The predicted octanol–water partition coefficient (Wildman–Crippen LogP) is 3.76. The van der Waals surface area contributed by atoms with Crippen LogP contribution in [0.2, 0.25) is 5.02 Å². The van der Waals surface area contributed by atoms with Gasteiger partial charge in [0.25, 0.3) is 5.91 Å². The molecule has 2 aromatic rings. The minimum atomic E-state index is -4.52. The fourth-order valence-corrected chi connectivity index (χ4v) is 2.99. The summed E-state index contributed by atoms with van der Waals surface area (Å²) in [5.74, 6) is -0.575. The van der Waals surface area contributed by atoms with Crippen LogP contribution >= 0.6 is 11.6 Å². The Balaban J connectivity index is 1.80. The number of hydrogen-bond acceptors (Lipinski definition) is 4. The fraction of sp³-hybridized carbons (Fsp3) is 0.471. The molecule has 2 heterocycles. The smallest absolute Gasteiger partial charge is 0.422 e. The van der Waals surface area contributed by atoms with E-state index in [2.05, 4.69) is 25.2 Å². The van der Waals surface area contributed by atoms with Crippen molar-refractivity contribution in [2.45, 2.75) is 38.4 Å². The Labute approximate surface area is 158 Å². The lowest BCUT2D eigenvalue weighted by Gasteiger charge is -2.29. The molecule has 3 rings (SSSR count). The van der Waals surface area contributed by atoms with Gasteiger partial charge in [-0.2, -0.15) is 18.3 Å². The lowest BCUT2D eigenvalue weighted by molar-refractivity contribution is -0.153. The molecule has 2 N–H and O–H groups in total. The molecule has 0 aliphatic heterocycles. The van der Waals surface area contributed by atoms with Gasteiger partial charge in [0.05, 0.1) is 17.4 Å². The predicted molar refractivity (Wildman–Crippen MR) is 91.7 cm³/mol. The van der Waals surface area contributed by atoms with E-state index in [0.29, 0.717) is 5.69 Å². The van der Waals surface area contributed by atoms with Gasteiger partial charge in [-0.15, -0.1) is 0 Å². The Bertz CT molecular complexity index is 851. The summed E-state index contributed by atoms with van der Waals surface area (Å²) in [5.41, 5.74) is 0.753. The molecule has 0 aromatic carbocycles. The molecule has 1 fully saturated rings. The van der Waals surface area contributed by atoms with Crippen LogP contribution in [0.15, 0.2) is 18.3 Å². The largest absolute Gasteiger partial charge is 0.482 e.